The molecule has 21 heavy (non-hydrogen) atoms. The summed E-state index contributed by atoms with van der Waals surface area (Å²) in [6, 6.07) is 10.5. The van der Waals surface area contributed by atoms with Crippen molar-refractivity contribution in [2.75, 3.05) is 5.73 Å². The van der Waals surface area contributed by atoms with E-state index in [1.807, 2.05) is 0 Å². The quantitative estimate of drug-likeness (QED) is 0.732. The second kappa shape index (κ2) is 5.29. The Morgan fingerprint density at radius 3 is 2.48 bits per heavy atom. The van der Waals surface area contributed by atoms with Gasteiger partial charge in [-0.05, 0) is 24.3 Å². The van der Waals surface area contributed by atoms with Crippen molar-refractivity contribution in [3.05, 3.63) is 58.6 Å². The van der Waals surface area contributed by atoms with E-state index in [0.29, 0.717) is 4.47 Å². The maximum absolute atomic E-state index is 14.1. The summed E-state index contributed by atoms with van der Waals surface area (Å²) >= 11 is 3.18. The van der Waals surface area contributed by atoms with Gasteiger partial charge >= 0.3 is 0 Å². The lowest BCUT2D eigenvalue weighted by Gasteiger charge is -2.05. The minimum Gasteiger partial charge on any atom is -0.380 e. The van der Waals surface area contributed by atoms with E-state index in [-0.39, 0.29) is 28.3 Å². The number of halogens is 3. The molecule has 0 aliphatic carbocycles. The minimum absolute atomic E-state index is 0.0115. The SMILES string of the molecule is Nc1noc(-c2ccc(Br)cc2F)c1-c1ccccc1F. The van der Waals surface area contributed by atoms with Gasteiger partial charge in [-0.3, -0.25) is 0 Å². The molecule has 3 rings (SSSR count). The lowest BCUT2D eigenvalue weighted by atomic mass is 10.0. The molecule has 0 spiro atoms. The number of nitrogen functional groups attached to an aromatic ring is 1. The zero-order chi connectivity index (χ0) is 15.0. The molecule has 0 saturated heterocycles. The largest absolute Gasteiger partial charge is 0.380 e. The van der Waals surface area contributed by atoms with E-state index in [2.05, 4.69) is 21.1 Å². The molecule has 2 aromatic carbocycles. The number of anilines is 1. The van der Waals surface area contributed by atoms with Gasteiger partial charge in [0.25, 0.3) is 0 Å². The van der Waals surface area contributed by atoms with Crippen LogP contribution in [-0.2, 0) is 0 Å². The molecule has 2 N–H and O–H groups in total. The van der Waals surface area contributed by atoms with Crippen LogP contribution in [0.2, 0.25) is 0 Å². The second-order valence-corrected chi connectivity index (χ2v) is 5.29. The number of nitrogens with zero attached hydrogens (tertiary/aromatic N) is 1. The van der Waals surface area contributed by atoms with Crippen LogP contribution in [0.1, 0.15) is 0 Å². The second-order valence-electron chi connectivity index (χ2n) is 4.38. The molecular formula is C15H9BrF2N2O. The standard InChI is InChI=1S/C15H9BrF2N2O/c16-8-5-6-10(12(18)7-8)14-13(15(19)20-21-14)9-3-1-2-4-11(9)17/h1-7H,(H2,19,20). The van der Waals surface area contributed by atoms with Crippen LogP contribution >= 0.6 is 15.9 Å². The third kappa shape index (κ3) is 2.42. The lowest BCUT2D eigenvalue weighted by molar-refractivity contribution is 0.433. The fourth-order valence-corrected chi connectivity index (χ4v) is 2.42. The predicted molar refractivity (Wildman–Crippen MR) is 79.4 cm³/mol. The van der Waals surface area contributed by atoms with Crippen molar-refractivity contribution in [3.8, 4) is 22.5 Å². The number of aromatic nitrogens is 1. The molecule has 1 heterocycles. The monoisotopic (exact) mass is 350 g/mol. The van der Waals surface area contributed by atoms with E-state index in [1.165, 1.54) is 18.2 Å². The highest BCUT2D eigenvalue weighted by atomic mass is 79.9. The van der Waals surface area contributed by atoms with Crippen molar-refractivity contribution >= 4 is 21.7 Å². The normalized spacial score (nSPS) is 10.8. The average Bonchev–Trinajstić information content (AvgIpc) is 2.81. The fourth-order valence-electron chi connectivity index (χ4n) is 2.08. The average molecular weight is 351 g/mol. The van der Waals surface area contributed by atoms with Crippen LogP contribution in [0.25, 0.3) is 22.5 Å². The van der Waals surface area contributed by atoms with Gasteiger partial charge < -0.3 is 10.3 Å². The van der Waals surface area contributed by atoms with Gasteiger partial charge in [0, 0.05) is 10.0 Å². The number of benzene rings is 2. The zero-order valence-electron chi connectivity index (χ0n) is 10.6. The van der Waals surface area contributed by atoms with Gasteiger partial charge in [-0.25, -0.2) is 8.78 Å². The topological polar surface area (TPSA) is 52.0 Å². The summed E-state index contributed by atoms with van der Waals surface area (Å²) in [6.07, 6.45) is 0. The van der Waals surface area contributed by atoms with Crippen molar-refractivity contribution < 1.29 is 13.3 Å². The van der Waals surface area contributed by atoms with Gasteiger partial charge in [0.1, 0.15) is 11.6 Å². The molecule has 6 heteroatoms. The van der Waals surface area contributed by atoms with Gasteiger partial charge in [-0.2, -0.15) is 0 Å². The van der Waals surface area contributed by atoms with E-state index in [9.17, 15) is 8.78 Å². The summed E-state index contributed by atoms with van der Waals surface area (Å²) in [7, 11) is 0. The summed E-state index contributed by atoms with van der Waals surface area (Å²) in [5, 5.41) is 3.63. The molecule has 1 aromatic heterocycles. The molecule has 0 aliphatic rings. The third-order valence-corrected chi connectivity index (χ3v) is 3.53. The molecule has 0 fully saturated rings. The van der Waals surface area contributed by atoms with E-state index in [0.717, 1.165) is 0 Å². The van der Waals surface area contributed by atoms with Crippen molar-refractivity contribution in [1.29, 1.82) is 0 Å². The van der Waals surface area contributed by atoms with E-state index in [1.54, 1.807) is 24.3 Å². The summed E-state index contributed by atoms with van der Waals surface area (Å²) in [5.74, 6) is -0.885. The van der Waals surface area contributed by atoms with Gasteiger partial charge in [-0.15, -0.1) is 0 Å². The zero-order valence-corrected chi connectivity index (χ0v) is 12.2. The van der Waals surface area contributed by atoms with E-state index in [4.69, 9.17) is 10.3 Å². The van der Waals surface area contributed by atoms with Crippen LogP contribution in [-0.4, -0.2) is 5.16 Å². The molecule has 0 atom stereocenters. The van der Waals surface area contributed by atoms with Gasteiger partial charge in [0.2, 0.25) is 0 Å². The molecule has 0 amide bonds. The summed E-state index contributed by atoms with van der Waals surface area (Å²) in [5.41, 5.74) is 6.38. The predicted octanol–water partition coefficient (Wildman–Crippen LogP) is 4.63. The highest BCUT2D eigenvalue weighted by Crippen LogP contribution is 2.39. The molecular weight excluding hydrogens is 342 g/mol. The molecule has 0 saturated carbocycles. The van der Waals surface area contributed by atoms with E-state index < -0.39 is 11.6 Å². The molecule has 0 bridgehead atoms. The maximum Gasteiger partial charge on any atom is 0.179 e. The first-order valence-electron chi connectivity index (χ1n) is 6.03. The first-order valence-corrected chi connectivity index (χ1v) is 6.82. The van der Waals surface area contributed by atoms with Crippen molar-refractivity contribution in [2.45, 2.75) is 0 Å². The minimum atomic E-state index is -0.516. The third-order valence-electron chi connectivity index (χ3n) is 3.04. The van der Waals surface area contributed by atoms with Gasteiger partial charge in [0.15, 0.2) is 11.6 Å². The molecule has 3 aromatic rings. The van der Waals surface area contributed by atoms with Crippen LogP contribution in [0.15, 0.2) is 51.5 Å². The summed E-state index contributed by atoms with van der Waals surface area (Å²) in [4.78, 5) is 0. The van der Waals surface area contributed by atoms with Crippen LogP contribution in [0.3, 0.4) is 0 Å². The number of hydrogen-bond acceptors (Lipinski definition) is 3. The highest BCUT2D eigenvalue weighted by Gasteiger charge is 2.22. The van der Waals surface area contributed by atoms with Gasteiger partial charge in [0.05, 0.1) is 11.1 Å². The molecule has 106 valence electrons. The first-order chi connectivity index (χ1) is 10.1. The van der Waals surface area contributed by atoms with Crippen molar-refractivity contribution in [2.24, 2.45) is 0 Å². The lowest BCUT2D eigenvalue weighted by Crippen LogP contribution is -1.92. The number of rotatable bonds is 2. The van der Waals surface area contributed by atoms with Crippen LogP contribution in [0, 0.1) is 11.6 Å². The molecule has 0 unspecified atom stereocenters. The molecule has 0 aliphatic heterocycles. The van der Waals surface area contributed by atoms with Crippen molar-refractivity contribution in [1.82, 2.24) is 5.16 Å². The maximum atomic E-state index is 14.1. The van der Waals surface area contributed by atoms with Crippen molar-refractivity contribution in [3.63, 3.8) is 0 Å². The van der Waals surface area contributed by atoms with Crippen LogP contribution in [0.4, 0.5) is 14.6 Å². The van der Waals surface area contributed by atoms with E-state index >= 15 is 0 Å². The fraction of sp³-hybridized carbons (Fsp3) is 0. The molecule has 0 radical (unpaired) electrons. The number of hydrogen-bond donors (Lipinski definition) is 1. The Balaban J connectivity index is 2.25. The molecule has 3 nitrogen and oxygen atoms in total. The number of nitrogens with two attached hydrogens (primary N) is 1. The first kappa shape index (κ1) is 13.8. The Morgan fingerprint density at radius 2 is 1.76 bits per heavy atom. The van der Waals surface area contributed by atoms with Gasteiger partial charge in [-0.1, -0.05) is 39.3 Å². The Bertz CT molecular complexity index is 817. The Morgan fingerprint density at radius 1 is 1.00 bits per heavy atom. The Hall–Kier alpha value is -2.21. The smallest absolute Gasteiger partial charge is 0.179 e. The van der Waals surface area contributed by atoms with Crippen LogP contribution in [0.5, 0.6) is 0 Å². The Labute approximate surface area is 127 Å². The van der Waals surface area contributed by atoms with Crippen LogP contribution < -0.4 is 5.73 Å². The highest BCUT2D eigenvalue weighted by molar-refractivity contribution is 9.10. The Kier molecular flexibility index (Phi) is 3.47. The summed E-state index contributed by atoms with van der Waals surface area (Å²) in [6.45, 7) is 0. The summed E-state index contributed by atoms with van der Waals surface area (Å²) < 4.78 is 33.8.